The molecule has 1 aliphatic carbocycles. The third kappa shape index (κ3) is 3.32. The minimum Gasteiger partial charge on any atom is -0.496 e. The van der Waals surface area contributed by atoms with Crippen LogP contribution in [0.4, 0.5) is 0 Å². The summed E-state index contributed by atoms with van der Waals surface area (Å²) in [7, 11) is 3.39. The fraction of sp³-hybridized carbons (Fsp3) is 0.625. The molecule has 0 saturated heterocycles. The number of ether oxygens (including phenoxy) is 2. The first-order valence-corrected chi connectivity index (χ1v) is 7.19. The molecule has 2 rings (SSSR count). The van der Waals surface area contributed by atoms with Crippen molar-refractivity contribution >= 4 is 0 Å². The Morgan fingerprint density at radius 2 is 2.10 bits per heavy atom. The van der Waals surface area contributed by atoms with Gasteiger partial charge >= 0.3 is 0 Å². The van der Waals surface area contributed by atoms with Gasteiger partial charge in [0, 0.05) is 25.8 Å². The van der Waals surface area contributed by atoms with Crippen LogP contribution in [0.2, 0.25) is 0 Å². The van der Waals surface area contributed by atoms with Gasteiger partial charge in [0.25, 0.3) is 0 Å². The predicted octanol–water partition coefficient (Wildman–Crippen LogP) is 2.20. The lowest BCUT2D eigenvalue weighted by Crippen LogP contribution is -2.48. The SMILES string of the molecule is COc1ccc(C)cc1C(O)CNCC1(OC)CCC1. The summed E-state index contributed by atoms with van der Waals surface area (Å²) in [5.74, 6) is 0.731. The topological polar surface area (TPSA) is 50.7 Å². The summed E-state index contributed by atoms with van der Waals surface area (Å²) in [4.78, 5) is 0. The Bertz CT molecular complexity index is 438. The molecule has 0 aromatic heterocycles. The molecule has 2 N–H and O–H groups in total. The van der Waals surface area contributed by atoms with Crippen LogP contribution in [-0.4, -0.2) is 38.0 Å². The molecule has 1 unspecified atom stereocenters. The number of aryl methyl sites for hydroxylation is 1. The first-order valence-electron chi connectivity index (χ1n) is 7.19. The summed E-state index contributed by atoms with van der Waals surface area (Å²) in [6.07, 6.45) is 2.85. The maximum Gasteiger partial charge on any atom is 0.124 e. The molecule has 0 aliphatic heterocycles. The number of hydrogen-bond acceptors (Lipinski definition) is 4. The van der Waals surface area contributed by atoms with Crippen molar-refractivity contribution in [1.29, 1.82) is 0 Å². The number of benzene rings is 1. The Labute approximate surface area is 121 Å². The Balaban J connectivity index is 1.91. The zero-order valence-electron chi connectivity index (χ0n) is 12.6. The zero-order chi connectivity index (χ0) is 14.6. The van der Waals surface area contributed by atoms with Crippen LogP contribution < -0.4 is 10.1 Å². The van der Waals surface area contributed by atoms with E-state index in [9.17, 15) is 5.11 Å². The molecule has 1 fully saturated rings. The molecule has 1 aliphatic rings. The summed E-state index contributed by atoms with van der Waals surface area (Å²) >= 11 is 0. The van der Waals surface area contributed by atoms with Gasteiger partial charge in [-0.05, 0) is 38.3 Å². The minimum atomic E-state index is -0.571. The van der Waals surface area contributed by atoms with Crippen LogP contribution in [0.5, 0.6) is 5.75 Å². The van der Waals surface area contributed by atoms with Crippen molar-refractivity contribution in [3.8, 4) is 5.75 Å². The lowest BCUT2D eigenvalue weighted by atomic mass is 9.80. The Kier molecular flexibility index (Phi) is 5.02. The van der Waals surface area contributed by atoms with E-state index in [0.717, 1.165) is 36.3 Å². The molecule has 1 atom stereocenters. The molecule has 20 heavy (non-hydrogen) atoms. The largest absolute Gasteiger partial charge is 0.496 e. The van der Waals surface area contributed by atoms with Crippen LogP contribution in [0.25, 0.3) is 0 Å². The Hall–Kier alpha value is -1.10. The van der Waals surface area contributed by atoms with E-state index in [4.69, 9.17) is 9.47 Å². The molecule has 0 amide bonds. The first kappa shape index (κ1) is 15.3. The molecule has 0 heterocycles. The second kappa shape index (κ2) is 6.57. The predicted molar refractivity (Wildman–Crippen MR) is 79.2 cm³/mol. The zero-order valence-corrected chi connectivity index (χ0v) is 12.6. The molecule has 1 saturated carbocycles. The van der Waals surface area contributed by atoms with Gasteiger partial charge in [0.05, 0.1) is 18.8 Å². The standard InChI is InChI=1S/C16H25NO3/c1-12-5-6-15(19-2)13(9-12)14(18)10-17-11-16(20-3)7-4-8-16/h5-6,9,14,17-18H,4,7-8,10-11H2,1-3H3. The monoisotopic (exact) mass is 279 g/mol. The van der Waals surface area contributed by atoms with Crippen molar-refractivity contribution in [2.24, 2.45) is 0 Å². The number of methoxy groups -OCH3 is 2. The van der Waals surface area contributed by atoms with E-state index < -0.39 is 6.10 Å². The van der Waals surface area contributed by atoms with Gasteiger partial charge in [-0.3, -0.25) is 0 Å². The van der Waals surface area contributed by atoms with E-state index in [-0.39, 0.29) is 5.60 Å². The molecule has 112 valence electrons. The quantitative estimate of drug-likeness (QED) is 0.803. The van der Waals surface area contributed by atoms with E-state index in [1.165, 1.54) is 6.42 Å². The Morgan fingerprint density at radius 3 is 2.65 bits per heavy atom. The fourth-order valence-electron chi connectivity index (χ4n) is 2.69. The molecule has 0 radical (unpaired) electrons. The van der Waals surface area contributed by atoms with Gasteiger partial charge in [0.1, 0.15) is 5.75 Å². The number of aliphatic hydroxyl groups excluding tert-OH is 1. The van der Waals surface area contributed by atoms with Crippen molar-refractivity contribution in [2.75, 3.05) is 27.3 Å². The molecule has 4 heteroatoms. The summed E-state index contributed by atoms with van der Waals surface area (Å²) in [6, 6.07) is 5.85. The molecule has 0 bridgehead atoms. The van der Waals surface area contributed by atoms with Crippen LogP contribution in [0, 0.1) is 6.92 Å². The highest BCUT2D eigenvalue weighted by Gasteiger charge is 2.36. The van der Waals surface area contributed by atoms with Crippen LogP contribution in [0.15, 0.2) is 18.2 Å². The molecular weight excluding hydrogens is 254 g/mol. The maximum atomic E-state index is 10.3. The van der Waals surface area contributed by atoms with Crippen LogP contribution in [-0.2, 0) is 4.74 Å². The molecule has 4 nitrogen and oxygen atoms in total. The molecule has 1 aromatic rings. The van der Waals surface area contributed by atoms with Crippen molar-refractivity contribution < 1.29 is 14.6 Å². The summed E-state index contributed by atoms with van der Waals surface area (Å²) in [5.41, 5.74) is 1.93. The second-order valence-corrected chi connectivity index (χ2v) is 5.63. The Morgan fingerprint density at radius 1 is 1.35 bits per heavy atom. The van der Waals surface area contributed by atoms with Crippen molar-refractivity contribution in [3.05, 3.63) is 29.3 Å². The fourth-order valence-corrected chi connectivity index (χ4v) is 2.69. The highest BCUT2D eigenvalue weighted by molar-refractivity contribution is 5.38. The van der Waals surface area contributed by atoms with E-state index >= 15 is 0 Å². The van der Waals surface area contributed by atoms with E-state index in [1.807, 2.05) is 25.1 Å². The van der Waals surface area contributed by atoms with Gasteiger partial charge < -0.3 is 19.9 Å². The van der Waals surface area contributed by atoms with Gasteiger partial charge in [0.15, 0.2) is 0 Å². The van der Waals surface area contributed by atoms with Crippen molar-refractivity contribution in [2.45, 2.75) is 37.9 Å². The lowest BCUT2D eigenvalue weighted by molar-refractivity contribution is -0.0703. The maximum absolute atomic E-state index is 10.3. The average molecular weight is 279 g/mol. The molecular formula is C16H25NO3. The molecule has 1 aromatic carbocycles. The normalized spacial score (nSPS) is 18.4. The number of rotatable bonds is 7. The van der Waals surface area contributed by atoms with Crippen molar-refractivity contribution in [3.63, 3.8) is 0 Å². The van der Waals surface area contributed by atoms with Crippen LogP contribution in [0.3, 0.4) is 0 Å². The van der Waals surface area contributed by atoms with Gasteiger partial charge in [-0.2, -0.15) is 0 Å². The number of hydrogen-bond donors (Lipinski definition) is 2. The summed E-state index contributed by atoms with van der Waals surface area (Å²) < 4.78 is 10.9. The average Bonchev–Trinajstić information content (AvgIpc) is 2.41. The number of aliphatic hydroxyl groups is 1. The molecule has 0 spiro atoms. The van der Waals surface area contributed by atoms with Crippen LogP contribution >= 0.6 is 0 Å². The van der Waals surface area contributed by atoms with Gasteiger partial charge in [-0.25, -0.2) is 0 Å². The third-order valence-corrected chi connectivity index (χ3v) is 4.23. The van der Waals surface area contributed by atoms with E-state index in [1.54, 1.807) is 14.2 Å². The number of nitrogens with one attached hydrogen (secondary N) is 1. The van der Waals surface area contributed by atoms with Gasteiger partial charge in [-0.1, -0.05) is 11.6 Å². The van der Waals surface area contributed by atoms with Gasteiger partial charge in [0.2, 0.25) is 0 Å². The lowest BCUT2D eigenvalue weighted by Gasteiger charge is -2.40. The highest BCUT2D eigenvalue weighted by Crippen LogP contribution is 2.34. The highest BCUT2D eigenvalue weighted by atomic mass is 16.5. The van der Waals surface area contributed by atoms with E-state index in [2.05, 4.69) is 5.32 Å². The second-order valence-electron chi connectivity index (χ2n) is 5.63. The summed E-state index contributed by atoms with van der Waals surface area (Å²) in [5, 5.41) is 13.7. The smallest absolute Gasteiger partial charge is 0.124 e. The van der Waals surface area contributed by atoms with Crippen molar-refractivity contribution in [1.82, 2.24) is 5.32 Å². The minimum absolute atomic E-state index is 0.0174. The van der Waals surface area contributed by atoms with E-state index in [0.29, 0.717) is 6.54 Å². The van der Waals surface area contributed by atoms with Gasteiger partial charge in [-0.15, -0.1) is 0 Å². The summed E-state index contributed by atoms with van der Waals surface area (Å²) in [6.45, 7) is 3.30. The van der Waals surface area contributed by atoms with Crippen LogP contribution in [0.1, 0.15) is 36.5 Å². The third-order valence-electron chi connectivity index (χ3n) is 4.23. The first-order chi connectivity index (χ1) is 9.60.